The highest BCUT2D eigenvalue weighted by Crippen LogP contribution is 2.46. The van der Waals surface area contributed by atoms with Gasteiger partial charge in [0.05, 0.1) is 0 Å². The first kappa shape index (κ1) is 28.1. The molecule has 0 aromatic carbocycles. The lowest BCUT2D eigenvalue weighted by Crippen LogP contribution is -2.71. The molecule has 19 heteroatoms. The number of aromatic nitrogens is 5. The number of carboxylic acid groups (broad SMARTS) is 1. The molecule has 4 rings (SSSR count). The van der Waals surface area contributed by atoms with Gasteiger partial charge in [0.1, 0.15) is 22.8 Å². The number of nitrogens with one attached hydrogen (secondary N) is 1. The summed E-state index contributed by atoms with van der Waals surface area (Å²) >= 11 is 3.65. The number of carboxylic acids is 1. The van der Waals surface area contributed by atoms with Gasteiger partial charge in [0.2, 0.25) is 5.16 Å². The number of oxime groups is 1. The number of thiazole rings is 1. The fourth-order valence-electron chi connectivity index (χ4n) is 3.55. The fourth-order valence-corrected chi connectivity index (χ4v) is 7.35. The zero-order valence-electron chi connectivity index (χ0n) is 20.4. The molecule has 2 aromatic rings. The van der Waals surface area contributed by atoms with Crippen molar-refractivity contribution in [1.82, 2.24) is 35.4 Å². The first-order chi connectivity index (χ1) is 18.1. The Hall–Kier alpha value is -2.95. The van der Waals surface area contributed by atoms with E-state index in [0.29, 0.717) is 16.5 Å². The molecule has 0 bridgehead atoms. The van der Waals surface area contributed by atoms with Gasteiger partial charge in [0, 0.05) is 36.3 Å². The molecule has 204 valence electrons. The van der Waals surface area contributed by atoms with Crippen LogP contribution in [0.15, 0.2) is 27.0 Å². The molecule has 2 aromatic heterocycles. The van der Waals surface area contributed by atoms with Crippen LogP contribution in [-0.4, -0.2) is 93.9 Å². The van der Waals surface area contributed by atoms with Crippen molar-refractivity contribution in [2.75, 3.05) is 29.6 Å². The Morgan fingerprint density at radius 3 is 2.71 bits per heavy atom. The third-order valence-corrected chi connectivity index (χ3v) is 11.1. The van der Waals surface area contributed by atoms with E-state index in [1.165, 1.54) is 38.5 Å². The van der Waals surface area contributed by atoms with Crippen LogP contribution >= 0.6 is 42.2 Å². The standard InChI is InChI=1S/C19H24N9O6PS3/c1-4-35(33,5-2)34-24-11(10-8-37-18(20)21-10)14(29)22-12-15(30)28-13(17(31)32)9(6-36-16(12)28)7-38-19-23-25-26-27(19)3/h8,12,16H,4-7H2,1-3H3,(H2,20,21)(H,22,29)(H,31,32)/b24-11+/t12-,16-/m1/s1. The number of carbonyl (C=O) groups excluding carboxylic acids is 2. The fraction of sp³-hybridized carbons (Fsp3) is 0.474. The number of amides is 2. The minimum atomic E-state index is -3.10. The predicted octanol–water partition coefficient (Wildman–Crippen LogP) is 0.818. The summed E-state index contributed by atoms with van der Waals surface area (Å²) < 4.78 is 19.4. The molecule has 0 radical (unpaired) electrons. The predicted molar refractivity (Wildman–Crippen MR) is 142 cm³/mol. The van der Waals surface area contributed by atoms with E-state index in [1.54, 1.807) is 20.9 Å². The number of rotatable bonds is 11. The molecule has 1 fully saturated rings. The molecule has 15 nitrogen and oxygen atoms in total. The molecule has 2 atom stereocenters. The van der Waals surface area contributed by atoms with Crippen LogP contribution in [0, 0.1) is 0 Å². The Bertz CT molecular complexity index is 1370. The molecule has 2 amide bonds. The highest BCUT2D eigenvalue weighted by Gasteiger charge is 2.54. The van der Waals surface area contributed by atoms with Crippen LogP contribution in [0.3, 0.4) is 0 Å². The lowest BCUT2D eigenvalue weighted by molar-refractivity contribution is -0.150. The number of aliphatic carboxylic acids is 1. The summed E-state index contributed by atoms with van der Waals surface area (Å²) in [5, 5.41) is 29.0. The van der Waals surface area contributed by atoms with Crippen molar-refractivity contribution in [3.8, 4) is 0 Å². The number of thioether (sulfide) groups is 2. The van der Waals surface area contributed by atoms with Gasteiger partial charge in [-0.2, -0.15) is 0 Å². The van der Waals surface area contributed by atoms with Gasteiger partial charge in [0.15, 0.2) is 10.8 Å². The number of tetrazole rings is 1. The normalized spacial score (nSPS) is 19.7. The molecule has 0 aliphatic carbocycles. The number of fused-ring (bicyclic) bond motifs is 1. The van der Waals surface area contributed by atoms with Crippen LogP contribution < -0.4 is 11.1 Å². The van der Waals surface area contributed by atoms with E-state index >= 15 is 0 Å². The second-order valence-electron chi connectivity index (χ2n) is 8.03. The lowest BCUT2D eigenvalue weighted by atomic mass is 10.0. The summed E-state index contributed by atoms with van der Waals surface area (Å²) in [6.07, 6.45) is 0.432. The van der Waals surface area contributed by atoms with Crippen molar-refractivity contribution >= 4 is 70.9 Å². The molecule has 2 aliphatic heterocycles. The molecule has 0 spiro atoms. The van der Waals surface area contributed by atoms with E-state index < -0.39 is 36.6 Å². The largest absolute Gasteiger partial charge is 0.477 e. The average Bonchev–Trinajstić information content (AvgIpc) is 3.52. The summed E-state index contributed by atoms with van der Waals surface area (Å²) in [5.74, 6) is -2.02. The molecule has 0 saturated carbocycles. The molecule has 2 aliphatic rings. The highest BCUT2D eigenvalue weighted by atomic mass is 32.2. The zero-order valence-corrected chi connectivity index (χ0v) is 23.8. The number of nitrogens with zero attached hydrogens (tertiary/aromatic N) is 7. The second kappa shape index (κ2) is 11.4. The first-order valence-corrected chi connectivity index (χ1v) is 16.1. The number of hydrogen-bond acceptors (Lipinski definition) is 14. The van der Waals surface area contributed by atoms with Gasteiger partial charge in [-0.3, -0.25) is 19.1 Å². The van der Waals surface area contributed by atoms with Gasteiger partial charge in [-0.25, -0.2) is 14.5 Å². The Labute approximate surface area is 229 Å². The van der Waals surface area contributed by atoms with Gasteiger partial charge in [-0.1, -0.05) is 30.8 Å². The van der Waals surface area contributed by atoms with Crippen LogP contribution in [0.5, 0.6) is 0 Å². The molecular formula is C19H24N9O6PS3. The molecule has 0 unspecified atom stereocenters. The minimum Gasteiger partial charge on any atom is -0.477 e. The highest BCUT2D eigenvalue weighted by molar-refractivity contribution is 8.01. The number of carbonyl (C=O) groups is 3. The Balaban J connectivity index is 1.52. The maximum atomic E-state index is 13.2. The summed E-state index contributed by atoms with van der Waals surface area (Å²) in [5.41, 5.74) is 5.94. The second-order valence-corrected chi connectivity index (χ2v) is 14.0. The number of nitrogens with two attached hydrogens (primary N) is 1. The van der Waals surface area contributed by atoms with Crippen molar-refractivity contribution in [2.24, 2.45) is 12.2 Å². The number of nitrogen functional groups attached to an aromatic ring is 1. The van der Waals surface area contributed by atoms with Crippen LogP contribution in [0.1, 0.15) is 19.5 Å². The first-order valence-electron chi connectivity index (χ1n) is 11.2. The Morgan fingerprint density at radius 2 is 2.13 bits per heavy atom. The third-order valence-electron chi connectivity index (χ3n) is 5.72. The summed E-state index contributed by atoms with van der Waals surface area (Å²) in [7, 11) is -1.43. The molecule has 4 N–H and O–H groups in total. The van der Waals surface area contributed by atoms with E-state index in [1.807, 2.05) is 0 Å². The van der Waals surface area contributed by atoms with Gasteiger partial charge in [0.25, 0.3) is 19.2 Å². The van der Waals surface area contributed by atoms with Gasteiger partial charge >= 0.3 is 5.97 Å². The third kappa shape index (κ3) is 5.57. The summed E-state index contributed by atoms with van der Waals surface area (Å²) in [6, 6.07) is -1.01. The van der Waals surface area contributed by atoms with Crippen LogP contribution in [-0.2, 0) is 30.6 Å². The average molecular weight is 602 g/mol. The van der Waals surface area contributed by atoms with Crippen LogP contribution in [0.2, 0.25) is 0 Å². The van der Waals surface area contributed by atoms with E-state index in [2.05, 4.69) is 31.0 Å². The van der Waals surface area contributed by atoms with Gasteiger partial charge in [-0.05, 0) is 16.0 Å². The van der Waals surface area contributed by atoms with Crippen LogP contribution in [0.25, 0.3) is 0 Å². The van der Waals surface area contributed by atoms with Crippen molar-refractivity contribution in [1.29, 1.82) is 0 Å². The van der Waals surface area contributed by atoms with Crippen molar-refractivity contribution in [2.45, 2.75) is 30.4 Å². The van der Waals surface area contributed by atoms with Crippen molar-refractivity contribution < 1.29 is 28.7 Å². The molecule has 4 heterocycles. The number of β-lactam (4-membered cyclic amide) rings is 1. The van der Waals surface area contributed by atoms with E-state index in [9.17, 15) is 24.1 Å². The summed E-state index contributed by atoms with van der Waals surface area (Å²) in [4.78, 5) is 43.6. The SMILES string of the molecule is CCP(=O)(CC)O/N=C(/C(=O)N[C@@H]1C(=O)N2C(C(=O)O)=C(CSc3nnnn3C)CS[C@H]12)c1csc(N)n1. The van der Waals surface area contributed by atoms with E-state index in [-0.39, 0.29) is 40.3 Å². The smallest absolute Gasteiger partial charge is 0.352 e. The van der Waals surface area contributed by atoms with Crippen molar-refractivity contribution in [3.05, 3.63) is 22.3 Å². The van der Waals surface area contributed by atoms with Gasteiger partial charge < -0.3 is 20.8 Å². The Morgan fingerprint density at radius 1 is 1.39 bits per heavy atom. The van der Waals surface area contributed by atoms with E-state index in [0.717, 1.165) is 11.3 Å². The monoisotopic (exact) mass is 601 g/mol. The lowest BCUT2D eigenvalue weighted by Gasteiger charge is -2.49. The molecular weight excluding hydrogens is 577 g/mol. The molecule has 38 heavy (non-hydrogen) atoms. The quantitative estimate of drug-likeness (QED) is 0.107. The zero-order chi connectivity index (χ0) is 27.6. The molecule has 1 saturated heterocycles. The maximum Gasteiger partial charge on any atom is 0.352 e. The minimum absolute atomic E-state index is 0.104. The van der Waals surface area contributed by atoms with E-state index in [4.69, 9.17) is 10.4 Å². The number of hydrogen-bond donors (Lipinski definition) is 3. The topological polar surface area (TPSA) is 208 Å². The van der Waals surface area contributed by atoms with Gasteiger partial charge in [-0.15, -0.1) is 28.2 Å². The maximum absolute atomic E-state index is 13.2. The van der Waals surface area contributed by atoms with Crippen LogP contribution in [0.4, 0.5) is 5.13 Å². The summed E-state index contributed by atoms with van der Waals surface area (Å²) in [6.45, 7) is 3.37. The number of aryl methyl sites for hydroxylation is 1. The van der Waals surface area contributed by atoms with Crippen molar-refractivity contribution in [3.63, 3.8) is 0 Å². The Kier molecular flexibility index (Phi) is 8.44. The number of anilines is 1.